The van der Waals surface area contributed by atoms with Crippen LogP contribution >= 0.6 is 0 Å². The molecule has 0 spiro atoms. The van der Waals surface area contributed by atoms with Crippen molar-refractivity contribution in [2.75, 3.05) is 20.2 Å². The molecule has 0 bridgehead atoms. The van der Waals surface area contributed by atoms with Crippen LogP contribution in [0.15, 0.2) is 12.1 Å². The summed E-state index contributed by atoms with van der Waals surface area (Å²) in [5.74, 6) is 0.997. The van der Waals surface area contributed by atoms with Crippen LogP contribution in [0.3, 0.4) is 0 Å². The number of ether oxygens (including phenoxy) is 1. The fourth-order valence-corrected chi connectivity index (χ4v) is 2.07. The number of aryl methyl sites for hydroxylation is 2. The van der Waals surface area contributed by atoms with Gasteiger partial charge in [-0.05, 0) is 50.4 Å². The summed E-state index contributed by atoms with van der Waals surface area (Å²) in [5.41, 5.74) is 9.43. The zero-order valence-corrected chi connectivity index (χ0v) is 11.3. The van der Waals surface area contributed by atoms with Gasteiger partial charge in [0.15, 0.2) is 0 Å². The molecule has 1 rings (SSSR count). The van der Waals surface area contributed by atoms with Crippen LogP contribution in [-0.2, 0) is 6.42 Å². The summed E-state index contributed by atoms with van der Waals surface area (Å²) in [4.78, 5) is 0. The van der Waals surface area contributed by atoms with Gasteiger partial charge in [0.25, 0.3) is 0 Å². The van der Waals surface area contributed by atoms with Gasteiger partial charge < -0.3 is 15.8 Å². The van der Waals surface area contributed by atoms with Gasteiger partial charge in [-0.2, -0.15) is 0 Å². The third kappa shape index (κ3) is 4.36. The first-order valence-electron chi connectivity index (χ1n) is 6.15. The summed E-state index contributed by atoms with van der Waals surface area (Å²) in [6.07, 6.45) is 1.03. The molecule has 17 heavy (non-hydrogen) atoms. The Morgan fingerprint density at radius 2 is 1.88 bits per heavy atom. The van der Waals surface area contributed by atoms with Crippen molar-refractivity contribution in [3.8, 4) is 5.75 Å². The summed E-state index contributed by atoms with van der Waals surface area (Å²) in [5, 5.41) is 3.34. The summed E-state index contributed by atoms with van der Waals surface area (Å²) in [6.45, 7) is 8.02. The second-order valence-electron chi connectivity index (χ2n) is 4.69. The molecule has 0 aliphatic rings. The van der Waals surface area contributed by atoms with E-state index >= 15 is 0 Å². The van der Waals surface area contributed by atoms with E-state index in [-0.39, 0.29) is 6.04 Å². The van der Waals surface area contributed by atoms with Crippen LogP contribution in [0.1, 0.15) is 23.6 Å². The monoisotopic (exact) mass is 236 g/mol. The summed E-state index contributed by atoms with van der Waals surface area (Å²) < 4.78 is 5.36. The van der Waals surface area contributed by atoms with Crippen molar-refractivity contribution in [3.63, 3.8) is 0 Å². The van der Waals surface area contributed by atoms with Crippen LogP contribution in [0.4, 0.5) is 0 Å². The highest BCUT2D eigenvalue weighted by atomic mass is 16.5. The Labute approximate surface area is 104 Å². The van der Waals surface area contributed by atoms with E-state index in [1.165, 1.54) is 16.7 Å². The van der Waals surface area contributed by atoms with Crippen molar-refractivity contribution in [1.82, 2.24) is 5.32 Å². The largest absolute Gasteiger partial charge is 0.496 e. The van der Waals surface area contributed by atoms with Gasteiger partial charge in [0.05, 0.1) is 7.11 Å². The first-order chi connectivity index (χ1) is 8.04. The van der Waals surface area contributed by atoms with Crippen molar-refractivity contribution in [2.24, 2.45) is 5.73 Å². The van der Waals surface area contributed by atoms with E-state index in [4.69, 9.17) is 10.5 Å². The van der Waals surface area contributed by atoms with E-state index in [2.05, 4.69) is 31.3 Å². The van der Waals surface area contributed by atoms with Gasteiger partial charge in [-0.25, -0.2) is 0 Å². The van der Waals surface area contributed by atoms with Gasteiger partial charge in [0.1, 0.15) is 5.75 Å². The Balaban J connectivity index is 2.55. The van der Waals surface area contributed by atoms with Gasteiger partial charge in [-0.1, -0.05) is 12.1 Å². The normalized spacial score (nSPS) is 12.5. The maximum atomic E-state index is 5.68. The SMILES string of the molecule is COc1c(C)cc(CCNCC(C)N)cc1C. The Morgan fingerprint density at radius 1 is 1.29 bits per heavy atom. The Morgan fingerprint density at radius 3 is 2.35 bits per heavy atom. The van der Waals surface area contributed by atoms with Crippen molar-refractivity contribution >= 4 is 0 Å². The molecule has 3 N–H and O–H groups in total. The molecule has 3 heteroatoms. The summed E-state index contributed by atoms with van der Waals surface area (Å²) in [6, 6.07) is 4.60. The fraction of sp³-hybridized carbons (Fsp3) is 0.571. The number of benzene rings is 1. The van der Waals surface area contributed by atoms with Crippen LogP contribution in [0, 0.1) is 13.8 Å². The van der Waals surface area contributed by atoms with E-state index in [9.17, 15) is 0 Å². The van der Waals surface area contributed by atoms with E-state index in [0.29, 0.717) is 0 Å². The van der Waals surface area contributed by atoms with Crippen molar-refractivity contribution in [2.45, 2.75) is 33.2 Å². The van der Waals surface area contributed by atoms with Gasteiger partial charge >= 0.3 is 0 Å². The van der Waals surface area contributed by atoms with Crippen LogP contribution < -0.4 is 15.8 Å². The van der Waals surface area contributed by atoms with Crippen LogP contribution in [0.2, 0.25) is 0 Å². The van der Waals surface area contributed by atoms with E-state index < -0.39 is 0 Å². The lowest BCUT2D eigenvalue weighted by Gasteiger charge is -2.12. The fourth-order valence-electron chi connectivity index (χ4n) is 2.07. The third-order valence-corrected chi connectivity index (χ3v) is 2.78. The highest BCUT2D eigenvalue weighted by Gasteiger charge is 2.05. The Bertz CT molecular complexity index is 338. The molecule has 0 aromatic heterocycles. The topological polar surface area (TPSA) is 47.3 Å². The number of hydrogen-bond acceptors (Lipinski definition) is 3. The Kier molecular flexibility index (Phi) is 5.45. The predicted octanol–water partition coefficient (Wildman–Crippen LogP) is 1.79. The first kappa shape index (κ1) is 14.0. The average molecular weight is 236 g/mol. The van der Waals surface area contributed by atoms with Crippen molar-refractivity contribution in [3.05, 3.63) is 28.8 Å². The Hall–Kier alpha value is -1.06. The summed E-state index contributed by atoms with van der Waals surface area (Å²) in [7, 11) is 1.72. The predicted molar refractivity (Wildman–Crippen MR) is 72.7 cm³/mol. The van der Waals surface area contributed by atoms with Gasteiger partial charge in [0, 0.05) is 12.6 Å². The van der Waals surface area contributed by atoms with Crippen molar-refractivity contribution < 1.29 is 4.74 Å². The molecule has 1 unspecified atom stereocenters. The second kappa shape index (κ2) is 6.62. The molecule has 1 aromatic rings. The van der Waals surface area contributed by atoms with Gasteiger partial charge in [0.2, 0.25) is 0 Å². The molecule has 0 fully saturated rings. The summed E-state index contributed by atoms with van der Waals surface area (Å²) >= 11 is 0. The zero-order valence-electron chi connectivity index (χ0n) is 11.3. The highest BCUT2D eigenvalue weighted by Crippen LogP contribution is 2.24. The minimum Gasteiger partial charge on any atom is -0.496 e. The molecule has 0 aliphatic heterocycles. The van der Waals surface area contributed by atoms with Crippen LogP contribution in [-0.4, -0.2) is 26.2 Å². The van der Waals surface area contributed by atoms with Crippen molar-refractivity contribution in [1.29, 1.82) is 0 Å². The zero-order chi connectivity index (χ0) is 12.8. The molecule has 0 aliphatic carbocycles. The average Bonchev–Trinajstić information content (AvgIpc) is 2.24. The van der Waals surface area contributed by atoms with Crippen LogP contribution in [0.25, 0.3) is 0 Å². The standard InChI is InChI=1S/C14H24N2O/c1-10-7-13(5-6-16-9-12(3)15)8-11(2)14(10)17-4/h7-8,12,16H,5-6,9,15H2,1-4H3. The molecule has 0 saturated heterocycles. The maximum Gasteiger partial charge on any atom is 0.124 e. The minimum atomic E-state index is 0.217. The number of hydrogen-bond donors (Lipinski definition) is 2. The minimum absolute atomic E-state index is 0.217. The first-order valence-corrected chi connectivity index (χ1v) is 6.15. The highest BCUT2D eigenvalue weighted by molar-refractivity contribution is 5.43. The maximum absolute atomic E-state index is 5.68. The lowest BCUT2D eigenvalue weighted by atomic mass is 10.0. The number of nitrogens with two attached hydrogens (primary N) is 1. The number of rotatable bonds is 6. The van der Waals surface area contributed by atoms with E-state index in [0.717, 1.165) is 25.3 Å². The lowest BCUT2D eigenvalue weighted by Crippen LogP contribution is -2.32. The van der Waals surface area contributed by atoms with Crippen LogP contribution in [0.5, 0.6) is 5.75 Å². The molecular weight excluding hydrogens is 212 g/mol. The molecule has 0 radical (unpaired) electrons. The molecule has 1 atom stereocenters. The molecular formula is C14H24N2O. The molecule has 96 valence electrons. The van der Waals surface area contributed by atoms with Gasteiger partial charge in [-0.3, -0.25) is 0 Å². The lowest BCUT2D eigenvalue weighted by molar-refractivity contribution is 0.408. The van der Waals surface area contributed by atoms with E-state index in [1.807, 2.05) is 6.92 Å². The molecule has 0 saturated carbocycles. The third-order valence-electron chi connectivity index (χ3n) is 2.78. The smallest absolute Gasteiger partial charge is 0.124 e. The molecule has 0 amide bonds. The molecule has 1 aromatic carbocycles. The number of methoxy groups -OCH3 is 1. The molecule has 3 nitrogen and oxygen atoms in total. The van der Waals surface area contributed by atoms with Gasteiger partial charge in [-0.15, -0.1) is 0 Å². The van der Waals surface area contributed by atoms with E-state index in [1.54, 1.807) is 7.11 Å². The number of nitrogens with one attached hydrogen (secondary N) is 1. The molecule has 0 heterocycles. The quantitative estimate of drug-likeness (QED) is 0.740. The second-order valence-corrected chi connectivity index (χ2v) is 4.69.